The number of aromatic nitrogens is 1. The molecule has 2 aliphatic heterocycles. The minimum Gasteiger partial charge on any atom is -0.351 e. The Morgan fingerprint density at radius 2 is 2.26 bits per heavy atom. The van der Waals surface area contributed by atoms with Crippen molar-refractivity contribution in [2.24, 2.45) is 0 Å². The lowest BCUT2D eigenvalue weighted by Crippen LogP contribution is -2.50. The monoisotopic (exact) mass is 259 g/mol. The molecule has 2 aliphatic rings. The summed E-state index contributed by atoms with van der Waals surface area (Å²) in [6.07, 6.45) is 3.76. The lowest BCUT2D eigenvalue weighted by Gasteiger charge is -2.32. The van der Waals surface area contributed by atoms with Gasteiger partial charge in [-0.3, -0.25) is 14.6 Å². The van der Waals surface area contributed by atoms with Crippen LogP contribution in [0.3, 0.4) is 0 Å². The van der Waals surface area contributed by atoms with Crippen molar-refractivity contribution in [1.82, 2.24) is 15.2 Å². The maximum absolute atomic E-state index is 12.5. The zero-order valence-corrected chi connectivity index (χ0v) is 10.9. The molecule has 2 fully saturated rings. The van der Waals surface area contributed by atoms with Crippen molar-refractivity contribution in [2.75, 3.05) is 6.54 Å². The largest absolute Gasteiger partial charge is 0.351 e. The van der Waals surface area contributed by atoms with Gasteiger partial charge in [-0.15, -0.1) is 0 Å². The number of nitrogens with one attached hydrogen (secondary N) is 1. The predicted octanol–water partition coefficient (Wildman–Crippen LogP) is 0.883. The third kappa shape index (κ3) is 2.20. The summed E-state index contributed by atoms with van der Waals surface area (Å²) >= 11 is 0. The highest BCUT2D eigenvalue weighted by Crippen LogP contribution is 2.27. The highest BCUT2D eigenvalue weighted by molar-refractivity contribution is 5.94. The smallest absolute Gasteiger partial charge is 0.255 e. The molecule has 0 unspecified atom stereocenters. The molecular weight excluding hydrogens is 242 g/mol. The molecule has 19 heavy (non-hydrogen) atoms. The number of pyridine rings is 1. The zero-order valence-electron chi connectivity index (χ0n) is 10.9. The normalized spacial score (nSPS) is 25.9. The van der Waals surface area contributed by atoms with Crippen LogP contribution in [-0.2, 0) is 4.79 Å². The molecule has 5 nitrogen and oxygen atoms in total. The Morgan fingerprint density at radius 1 is 1.42 bits per heavy atom. The van der Waals surface area contributed by atoms with Gasteiger partial charge in [-0.1, -0.05) is 0 Å². The molecule has 2 amide bonds. The van der Waals surface area contributed by atoms with Crippen molar-refractivity contribution in [2.45, 2.75) is 38.3 Å². The maximum Gasteiger partial charge on any atom is 0.255 e. The van der Waals surface area contributed by atoms with Crippen molar-refractivity contribution in [3.63, 3.8) is 0 Å². The van der Waals surface area contributed by atoms with Crippen LogP contribution >= 0.6 is 0 Å². The van der Waals surface area contributed by atoms with Gasteiger partial charge in [0.2, 0.25) is 5.91 Å². The van der Waals surface area contributed by atoms with Gasteiger partial charge in [0.05, 0.1) is 17.6 Å². The second-order valence-electron chi connectivity index (χ2n) is 5.26. The fourth-order valence-corrected chi connectivity index (χ4v) is 2.95. The highest BCUT2D eigenvalue weighted by atomic mass is 16.2. The van der Waals surface area contributed by atoms with Gasteiger partial charge in [-0.05, 0) is 31.9 Å². The van der Waals surface area contributed by atoms with Crippen LogP contribution in [0.1, 0.15) is 35.3 Å². The number of fused-ring (bicyclic) bond motifs is 1. The molecule has 1 N–H and O–H groups in total. The first kappa shape index (κ1) is 12.1. The number of carbonyl (C=O) groups excluding carboxylic acids is 2. The molecule has 2 atom stereocenters. The summed E-state index contributed by atoms with van der Waals surface area (Å²) in [7, 11) is 0. The molecule has 100 valence electrons. The minimum absolute atomic E-state index is 0.0242. The van der Waals surface area contributed by atoms with Crippen LogP contribution in [0.25, 0.3) is 0 Å². The Labute approximate surface area is 112 Å². The van der Waals surface area contributed by atoms with Crippen molar-refractivity contribution in [3.8, 4) is 0 Å². The quantitative estimate of drug-likeness (QED) is 0.814. The summed E-state index contributed by atoms with van der Waals surface area (Å²) in [6, 6.07) is 3.94. The molecule has 5 heteroatoms. The second-order valence-corrected chi connectivity index (χ2v) is 5.26. The molecular formula is C14H17N3O2. The SMILES string of the molecule is Cc1ccc(C(=O)N2CC[C@@H]3NC(=O)CC[C@@H]32)cn1. The van der Waals surface area contributed by atoms with Crippen molar-refractivity contribution < 1.29 is 9.59 Å². The number of amides is 2. The molecule has 0 aliphatic carbocycles. The molecule has 0 bridgehead atoms. The van der Waals surface area contributed by atoms with Gasteiger partial charge in [-0.25, -0.2) is 0 Å². The molecule has 0 aromatic carbocycles. The summed E-state index contributed by atoms with van der Waals surface area (Å²) < 4.78 is 0. The Kier molecular flexibility index (Phi) is 2.97. The molecule has 3 rings (SSSR count). The zero-order chi connectivity index (χ0) is 13.4. The first-order chi connectivity index (χ1) is 9.15. The van der Waals surface area contributed by atoms with Crippen molar-refractivity contribution in [3.05, 3.63) is 29.6 Å². The van der Waals surface area contributed by atoms with Gasteiger partial charge >= 0.3 is 0 Å². The van der Waals surface area contributed by atoms with E-state index in [2.05, 4.69) is 10.3 Å². The summed E-state index contributed by atoms with van der Waals surface area (Å²) in [6.45, 7) is 2.61. The minimum atomic E-state index is 0.0242. The van der Waals surface area contributed by atoms with Crippen molar-refractivity contribution >= 4 is 11.8 Å². The van der Waals surface area contributed by atoms with Gasteiger partial charge in [0, 0.05) is 24.9 Å². The lowest BCUT2D eigenvalue weighted by molar-refractivity contribution is -0.123. The Bertz CT molecular complexity index is 512. The summed E-state index contributed by atoms with van der Waals surface area (Å²) in [5, 5.41) is 2.98. The van der Waals surface area contributed by atoms with Crippen LogP contribution in [0.15, 0.2) is 18.3 Å². The van der Waals surface area contributed by atoms with Gasteiger partial charge in [0.1, 0.15) is 0 Å². The average molecular weight is 259 g/mol. The van der Waals surface area contributed by atoms with Gasteiger partial charge in [0.25, 0.3) is 5.91 Å². The van der Waals surface area contributed by atoms with E-state index in [1.807, 2.05) is 24.0 Å². The Morgan fingerprint density at radius 3 is 3.00 bits per heavy atom. The summed E-state index contributed by atoms with van der Waals surface area (Å²) in [5.41, 5.74) is 1.53. The summed E-state index contributed by atoms with van der Waals surface area (Å²) in [4.78, 5) is 29.9. The third-order valence-corrected chi connectivity index (χ3v) is 3.98. The first-order valence-electron chi connectivity index (χ1n) is 6.68. The van der Waals surface area contributed by atoms with Crippen LogP contribution in [-0.4, -0.2) is 40.3 Å². The van der Waals surface area contributed by atoms with Gasteiger partial charge < -0.3 is 10.2 Å². The van der Waals surface area contributed by atoms with E-state index < -0.39 is 0 Å². The summed E-state index contributed by atoms with van der Waals surface area (Å²) in [5.74, 6) is 0.128. The number of piperidine rings is 1. The van der Waals surface area contributed by atoms with Gasteiger partial charge in [0.15, 0.2) is 0 Å². The number of aryl methyl sites for hydroxylation is 1. The number of carbonyl (C=O) groups is 2. The lowest BCUT2D eigenvalue weighted by atomic mass is 9.98. The van der Waals surface area contributed by atoms with Crippen molar-refractivity contribution in [1.29, 1.82) is 0 Å². The van der Waals surface area contributed by atoms with Gasteiger partial charge in [-0.2, -0.15) is 0 Å². The molecule has 1 aromatic rings. The van der Waals surface area contributed by atoms with Crippen LogP contribution < -0.4 is 5.32 Å². The van der Waals surface area contributed by atoms with E-state index in [4.69, 9.17) is 0 Å². The maximum atomic E-state index is 12.5. The molecule has 2 saturated heterocycles. The van der Waals surface area contributed by atoms with E-state index in [1.165, 1.54) is 0 Å². The standard InChI is InChI=1S/C14H17N3O2/c1-9-2-3-10(8-15-9)14(19)17-7-6-11-12(17)4-5-13(18)16-11/h2-3,8,11-12H,4-7H2,1H3,(H,16,18)/t11-,12-/m0/s1. The van der Waals surface area contributed by atoms with Crippen LogP contribution in [0, 0.1) is 6.92 Å². The Hall–Kier alpha value is -1.91. The first-order valence-corrected chi connectivity index (χ1v) is 6.68. The van der Waals surface area contributed by atoms with E-state index in [9.17, 15) is 9.59 Å². The van der Waals surface area contributed by atoms with Crippen LogP contribution in [0.2, 0.25) is 0 Å². The topological polar surface area (TPSA) is 62.3 Å². The van der Waals surface area contributed by atoms with Crippen LogP contribution in [0.4, 0.5) is 0 Å². The predicted molar refractivity (Wildman–Crippen MR) is 69.6 cm³/mol. The Balaban J connectivity index is 1.77. The van der Waals surface area contributed by atoms with E-state index in [-0.39, 0.29) is 23.9 Å². The fraction of sp³-hybridized carbons (Fsp3) is 0.500. The third-order valence-electron chi connectivity index (χ3n) is 3.98. The molecule has 3 heterocycles. The highest BCUT2D eigenvalue weighted by Gasteiger charge is 2.40. The number of nitrogens with zero attached hydrogens (tertiary/aromatic N) is 2. The van der Waals surface area contributed by atoms with E-state index in [0.717, 1.165) is 18.5 Å². The molecule has 0 radical (unpaired) electrons. The number of hydrogen-bond donors (Lipinski definition) is 1. The number of rotatable bonds is 1. The average Bonchev–Trinajstić information content (AvgIpc) is 2.81. The fourth-order valence-electron chi connectivity index (χ4n) is 2.95. The van der Waals surface area contributed by atoms with E-state index >= 15 is 0 Å². The second kappa shape index (κ2) is 4.64. The molecule has 1 aromatic heterocycles. The molecule has 0 spiro atoms. The number of hydrogen-bond acceptors (Lipinski definition) is 3. The van der Waals surface area contributed by atoms with Crippen LogP contribution in [0.5, 0.6) is 0 Å². The van der Waals surface area contributed by atoms with E-state index in [1.54, 1.807) is 6.20 Å². The molecule has 0 saturated carbocycles. The van der Waals surface area contributed by atoms with E-state index in [0.29, 0.717) is 18.5 Å². The number of likely N-dealkylation sites (tertiary alicyclic amines) is 1.